The second-order valence-corrected chi connectivity index (χ2v) is 4.48. The average Bonchev–Trinajstić information content (AvgIpc) is 2.91. The fourth-order valence-electron chi connectivity index (χ4n) is 2.01. The van der Waals surface area contributed by atoms with E-state index in [4.69, 9.17) is 10.5 Å². The molecule has 0 aliphatic heterocycles. The van der Waals surface area contributed by atoms with Gasteiger partial charge in [0, 0.05) is 0 Å². The van der Waals surface area contributed by atoms with Crippen molar-refractivity contribution in [1.29, 1.82) is 0 Å². The van der Waals surface area contributed by atoms with Crippen LogP contribution in [0, 0.1) is 0 Å². The zero-order chi connectivity index (χ0) is 13.9. The Kier molecular flexibility index (Phi) is 3.30. The maximum absolute atomic E-state index is 5.84. The summed E-state index contributed by atoms with van der Waals surface area (Å²) >= 11 is 0. The number of rotatable bonds is 4. The predicted molar refractivity (Wildman–Crippen MR) is 75.7 cm³/mol. The van der Waals surface area contributed by atoms with Crippen molar-refractivity contribution in [3.05, 3.63) is 48.5 Å². The van der Waals surface area contributed by atoms with Gasteiger partial charge in [0.05, 0.1) is 12.9 Å². The summed E-state index contributed by atoms with van der Waals surface area (Å²) in [5, 5.41) is 0. The molecular weight excluding hydrogens is 254 g/mol. The molecule has 6 nitrogen and oxygen atoms in total. The summed E-state index contributed by atoms with van der Waals surface area (Å²) in [5.74, 6) is 0.379. The Balaban J connectivity index is 1.79. The zero-order valence-corrected chi connectivity index (χ0v) is 11.1. The van der Waals surface area contributed by atoms with Gasteiger partial charge in [0.2, 0.25) is 0 Å². The summed E-state index contributed by atoms with van der Waals surface area (Å²) in [4.78, 5) is 12.4. The largest absolute Gasteiger partial charge is 0.382 e. The summed E-state index contributed by atoms with van der Waals surface area (Å²) in [7, 11) is 0. The van der Waals surface area contributed by atoms with Gasteiger partial charge in [-0.3, -0.25) is 4.57 Å². The maximum Gasteiger partial charge on any atom is 0.167 e. The topological polar surface area (TPSA) is 78.9 Å². The van der Waals surface area contributed by atoms with Crippen LogP contribution in [0.3, 0.4) is 0 Å². The Hall–Kier alpha value is -2.47. The summed E-state index contributed by atoms with van der Waals surface area (Å²) < 4.78 is 7.69. The SMILES string of the molecule is C[C@@H](OCc1ccccc1)n1cnc2c(N)ncnc21. The van der Waals surface area contributed by atoms with Crippen LogP contribution in [0.2, 0.25) is 0 Å². The number of aromatic nitrogens is 4. The molecule has 2 heterocycles. The number of nitrogen functional groups attached to an aromatic ring is 1. The van der Waals surface area contributed by atoms with Crippen molar-refractivity contribution in [3.8, 4) is 0 Å². The summed E-state index contributed by atoms with van der Waals surface area (Å²) in [6, 6.07) is 10.0. The van der Waals surface area contributed by atoms with Crippen molar-refractivity contribution < 1.29 is 4.74 Å². The van der Waals surface area contributed by atoms with E-state index in [2.05, 4.69) is 15.0 Å². The minimum atomic E-state index is -0.186. The Morgan fingerprint density at radius 2 is 2.00 bits per heavy atom. The maximum atomic E-state index is 5.84. The second-order valence-electron chi connectivity index (χ2n) is 4.48. The first-order valence-electron chi connectivity index (χ1n) is 6.34. The Bertz CT molecular complexity index is 710. The van der Waals surface area contributed by atoms with Gasteiger partial charge in [-0.15, -0.1) is 0 Å². The number of hydrogen-bond donors (Lipinski definition) is 1. The highest BCUT2D eigenvalue weighted by molar-refractivity contribution is 5.81. The van der Waals surface area contributed by atoms with Gasteiger partial charge in [-0.1, -0.05) is 30.3 Å². The highest BCUT2D eigenvalue weighted by atomic mass is 16.5. The average molecular weight is 269 g/mol. The number of hydrogen-bond acceptors (Lipinski definition) is 5. The standard InChI is InChI=1S/C14H15N5O/c1-10(20-7-11-5-3-2-4-6-11)19-9-18-12-13(15)16-8-17-14(12)19/h2-6,8-10H,7H2,1H3,(H2,15,16,17)/t10-/m1/s1. The molecule has 0 radical (unpaired) electrons. The Morgan fingerprint density at radius 1 is 1.20 bits per heavy atom. The molecule has 2 N–H and O–H groups in total. The van der Waals surface area contributed by atoms with Crippen molar-refractivity contribution in [3.63, 3.8) is 0 Å². The zero-order valence-electron chi connectivity index (χ0n) is 11.1. The molecular formula is C14H15N5O. The number of nitrogens with two attached hydrogens (primary N) is 1. The number of fused-ring (bicyclic) bond motifs is 1. The molecule has 0 bridgehead atoms. The van der Waals surface area contributed by atoms with Crippen LogP contribution in [0.25, 0.3) is 11.2 Å². The van der Waals surface area contributed by atoms with Crippen molar-refractivity contribution >= 4 is 17.0 Å². The molecule has 0 spiro atoms. The third-order valence-electron chi connectivity index (χ3n) is 3.11. The van der Waals surface area contributed by atoms with Crippen molar-refractivity contribution in [1.82, 2.24) is 19.5 Å². The van der Waals surface area contributed by atoms with Gasteiger partial charge in [-0.2, -0.15) is 0 Å². The van der Waals surface area contributed by atoms with Crippen LogP contribution in [-0.4, -0.2) is 19.5 Å². The van der Waals surface area contributed by atoms with Crippen molar-refractivity contribution in [2.75, 3.05) is 5.73 Å². The molecule has 0 aliphatic carbocycles. The molecule has 0 fully saturated rings. The molecule has 3 rings (SSSR count). The lowest BCUT2D eigenvalue weighted by molar-refractivity contribution is 0.00634. The summed E-state index contributed by atoms with van der Waals surface area (Å²) in [6.07, 6.45) is 2.92. The lowest BCUT2D eigenvalue weighted by Gasteiger charge is -2.15. The number of benzene rings is 1. The van der Waals surface area contributed by atoms with Gasteiger partial charge in [0.1, 0.15) is 18.1 Å². The minimum absolute atomic E-state index is 0.186. The van der Waals surface area contributed by atoms with E-state index >= 15 is 0 Å². The first-order valence-corrected chi connectivity index (χ1v) is 6.34. The Labute approximate surface area is 116 Å². The van der Waals surface area contributed by atoms with Crippen LogP contribution in [0.1, 0.15) is 18.7 Å². The van der Waals surface area contributed by atoms with E-state index in [1.807, 2.05) is 41.8 Å². The highest BCUT2D eigenvalue weighted by Gasteiger charge is 2.12. The van der Waals surface area contributed by atoms with E-state index < -0.39 is 0 Å². The van der Waals surface area contributed by atoms with Crippen LogP contribution in [0.4, 0.5) is 5.82 Å². The lowest BCUT2D eigenvalue weighted by atomic mass is 10.2. The van der Waals surface area contributed by atoms with Crippen molar-refractivity contribution in [2.45, 2.75) is 19.8 Å². The van der Waals surface area contributed by atoms with Gasteiger partial charge in [-0.25, -0.2) is 15.0 Å². The summed E-state index contributed by atoms with van der Waals surface area (Å²) in [5.41, 5.74) is 8.17. The quantitative estimate of drug-likeness (QED) is 0.785. The third-order valence-corrected chi connectivity index (χ3v) is 3.11. The third kappa shape index (κ3) is 2.33. The summed E-state index contributed by atoms with van der Waals surface area (Å²) in [6.45, 7) is 2.48. The van der Waals surface area contributed by atoms with Gasteiger partial charge in [0.25, 0.3) is 0 Å². The van der Waals surface area contributed by atoms with Crippen LogP contribution >= 0.6 is 0 Å². The van der Waals surface area contributed by atoms with Gasteiger partial charge < -0.3 is 10.5 Å². The minimum Gasteiger partial charge on any atom is -0.382 e. The molecule has 20 heavy (non-hydrogen) atoms. The van der Waals surface area contributed by atoms with Crippen LogP contribution < -0.4 is 5.73 Å². The van der Waals surface area contributed by atoms with E-state index in [1.54, 1.807) is 6.33 Å². The van der Waals surface area contributed by atoms with Gasteiger partial charge in [-0.05, 0) is 12.5 Å². The smallest absolute Gasteiger partial charge is 0.167 e. The van der Waals surface area contributed by atoms with E-state index in [0.717, 1.165) is 5.56 Å². The molecule has 0 saturated heterocycles. The number of nitrogens with zero attached hydrogens (tertiary/aromatic N) is 4. The molecule has 1 atom stereocenters. The molecule has 0 saturated carbocycles. The normalized spacial score (nSPS) is 12.7. The number of anilines is 1. The fourth-order valence-corrected chi connectivity index (χ4v) is 2.01. The number of imidazole rings is 1. The first kappa shape index (κ1) is 12.6. The van der Waals surface area contributed by atoms with Crippen LogP contribution in [0.5, 0.6) is 0 Å². The molecule has 0 amide bonds. The fraction of sp³-hybridized carbons (Fsp3) is 0.214. The number of ether oxygens (including phenoxy) is 1. The molecule has 1 aromatic carbocycles. The molecule has 6 heteroatoms. The lowest BCUT2D eigenvalue weighted by Crippen LogP contribution is -2.09. The molecule has 0 unspecified atom stereocenters. The van der Waals surface area contributed by atoms with Gasteiger partial charge >= 0.3 is 0 Å². The van der Waals surface area contributed by atoms with E-state index in [-0.39, 0.29) is 6.23 Å². The molecule has 102 valence electrons. The van der Waals surface area contributed by atoms with E-state index in [9.17, 15) is 0 Å². The van der Waals surface area contributed by atoms with E-state index in [0.29, 0.717) is 23.6 Å². The van der Waals surface area contributed by atoms with Crippen LogP contribution in [-0.2, 0) is 11.3 Å². The predicted octanol–water partition coefficient (Wildman–Crippen LogP) is 2.14. The monoisotopic (exact) mass is 269 g/mol. The Morgan fingerprint density at radius 3 is 2.80 bits per heavy atom. The molecule has 3 aromatic rings. The second kappa shape index (κ2) is 5.26. The van der Waals surface area contributed by atoms with E-state index in [1.165, 1.54) is 6.33 Å². The highest BCUT2D eigenvalue weighted by Crippen LogP contribution is 2.20. The molecule has 2 aromatic heterocycles. The van der Waals surface area contributed by atoms with Crippen LogP contribution in [0.15, 0.2) is 43.0 Å². The van der Waals surface area contributed by atoms with Crippen molar-refractivity contribution in [2.24, 2.45) is 0 Å². The van der Waals surface area contributed by atoms with Gasteiger partial charge in [0.15, 0.2) is 11.5 Å². The molecule has 0 aliphatic rings. The first-order chi connectivity index (χ1) is 9.75.